The quantitative estimate of drug-likeness (QED) is 0.936. The number of H-pyrrole nitrogens is 1. The number of aromatic nitrogens is 3. The predicted molar refractivity (Wildman–Crippen MR) is 90.9 cm³/mol. The van der Waals surface area contributed by atoms with Crippen molar-refractivity contribution in [2.24, 2.45) is 5.92 Å². The average molecular weight is 328 g/mol. The van der Waals surface area contributed by atoms with E-state index in [1.54, 1.807) is 19.4 Å². The lowest BCUT2D eigenvalue weighted by atomic mass is 9.94. The Morgan fingerprint density at radius 1 is 1.50 bits per heavy atom. The lowest BCUT2D eigenvalue weighted by molar-refractivity contribution is -0.0439. The molecule has 0 radical (unpaired) electrons. The van der Waals surface area contributed by atoms with Gasteiger partial charge in [-0.15, -0.1) is 0 Å². The molecule has 1 aliphatic heterocycles. The number of fused-ring (bicyclic) bond motifs is 1. The molecule has 1 atom stereocenters. The zero-order valence-electron chi connectivity index (χ0n) is 14.3. The molecule has 2 aromatic heterocycles. The Bertz CT molecular complexity index is 767. The van der Waals surface area contributed by atoms with Gasteiger partial charge >= 0.3 is 0 Å². The fraction of sp³-hybridized carbons (Fsp3) is 0.611. The topological polar surface area (TPSA) is 71.1 Å². The molecule has 0 spiro atoms. The maximum atomic E-state index is 13.1. The second kappa shape index (κ2) is 5.84. The lowest BCUT2D eigenvalue weighted by Gasteiger charge is -2.39. The molecule has 6 heteroatoms. The predicted octanol–water partition coefficient (Wildman–Crippen LogP) is 2.55. The van der Waals surface area contributed by atoms with Gasteiger partial charge in [-0.1, -0.05) is 0 Å². The van der Waals surface area contributed by atoms with Gasteiger partial charge in [0.2, 0.25) is 0 Å². The normalized spacial score (nSPS) is 24.5. The van der Waals surface area contributed by atoms with Crippen molar-refractivity contribution >= 4 is 17.1 Å². The molecule has 1 amide bonds. The van der Waals surface area contributed by atoms with Crippen LogP contribution in [0.2, 0.25) is 0 Å². The van der Waals surface area contributed by atoms with E-state index in [9.17, 15) is 4.79 Å². The van der Waals surface area contributed by atoms with E-state index in [2.05, 4.69) is 21.9 Å². The average Bonchev–Trinajstić information content (AvgIpc) is 3.30. The smallest absolute Gasteiger partial charge is 0.256 e. The van der Waals surface area contributed by atoms with Crippen LogP contribution < -0.4 is 0 Å². The molecule has 2 fully saturated rings. The van der Waals surface area contributed by atoms with Crippen molar-refractivity contribution in [1.29, 1.82) is 0 Å². The van der Waals surface area contributed by atoms with Crippen LogP contribution in [0.3, 0.4) is 0 Å². The van der Waals surface area contributed by atoms with Gasteiger partial charge in [0, 0.05) is 32.8 Å². The Morgan fingerprint density at radius 2 is 2.33 bits per heavy atom. The summed E-state index contributed by atoms with van der Waals surface area (Å²) in [5, 5.41) is 0. The largest absolute Gasteiger partial charge is 0.377 e. The number of pyridine rings is 1. The maximum absolute atomic E-state index is 13.1. The summed E-state index contributed by atoms with van der Waals surface area (Å²) in [5.74, 6) is 1.72. The highest BCUT2D eigenvalue weighted by atomic mass is 16.5. The van der Waals surface area contributed by atoms with E-state index >= 15 is 0 Å². The number of piperidine rings is 1. The summed E-state index contributed by atoms with van der Waals surface area (Å²) >= 11 is 0. The van der Waals surface area contributed by atoms with E-state index < -0.39 is 0 Å². The van der Waals surface area contributed by atoms with Crippen LogP contribution in [0, 0.1) is 5.92 Å². The van der Waals surface area contributed by atoms with E-state index in [1.165, 1.54) is 12.8 Å². The van der Waals surface area contributed by atoms with Gasteiger partial charge in [-0.2, -0.15) is 0 Å². The third-order valence-electron chi connectivity index (χ3n) is 5.29. The molecule has 6 nitrogen and oxygen atoms in total. The van der Waals surface area contributed by atoms with Crippen LogP contribution in [0.4, 0.5) is 0 Å². The number of methoxy groups -OCH3 is 1. The molecule has 0 bridgehead atoms. The highest BCUT2D eigenvalue weighted by molar-refractivity contribution is 6.04. The number of carbonyl (C=O) groups excluding carboxylic acids is 1. The number of amides is 1. The van der Waals surface area contributed by atoms with Crippen LogP contribution in [0.1, 0.15) is 48.8 Å². The number of nitrogens with one attached hydrogen (secondary N) is 1. The van der Waals surface area contributed by atoms with Crippen LogP contribution in [-0.2, 0) is 11.2 Å². The van der Waals surface area contributed by atoms with Crippen LogP contribution in [0.15, 0.2) is 12.3 Å². The highest BCUT2D eigenvalue weighted by Crippen LogP contribution is 2.32. The minimum atomic E-state index is -0.259. The molecule has 4 rings (SSSR count). The Morgan fingerprint density at radius 3 is 3.08 bits per heavy atom. The Labute approximate surface area is 141 Å². The summed E-state index contributed by atoms with van der Waals surface area (Å²) in [6.07, 6.45) is 7.13. The van der Waals surface area contributed by atoms with Crippen molar-refractivity contribution in [3.8, 4) is 0 Å². The first-order valence-corrected chi connectivity index (χ1v) is 8.76. The molecule has 2 aromatic rings. The molecule has 1 saturated carbocycles. The molecular weight excluding hydrogens is 304 g/mol. The number of rotatable bonds is 4. The molecule has 2 aliphatic rings. The van der Waals surface area contributed by atoms with Crippen LogP contribution in [0.5, 0.6) is 0 Å². The lowest BCUT2D eigenvalue weighted by Crippen LogP contribution is -2.49. The number of aromatic amines is 1. The van der Waals surface area contributed by atoms with Crippen molar-refractivity contribution in [2.75, 3.05) is 20.2 Å². The number of likely N-dealkylation sites (tertiary alicyclic amines) is 1. The minimum absolute atomic E-state index is 0.0343. The first-order valence-electron chi connectivity index (χ1n) is 8.76. The third-order valence-corrected chi connectivity index (χ3v) is 5.29. The summed E-state index contributed by atoms with van der Waals surface area (Å²) in [7, 11) is 1.72. The molecule has 128 valence electrons. The fourth-order valence-corrected chi connectivity index (χ4v) is 3.55. The van der Waals surface area contributed by atoms with Crippen molar-refractivity contribution in [3.63, 3.8) is 0 Å². The summed E-state index contributed by atoms with van der Waals surface area (Å²) < 4.78 is 5.61. The number of carbonyl (C=O) groups is 1. The van der Waals surface area contributed by atoms with Crippen molar-refractivity contribution in [3.05, 3.63) is 23.7 Å². The van der Waals surface area contributed by atoms with Gasteiger partial charge in [0.25, 0.3) is 5.91 Å². The van der Waals surface area contributed by atoms with Crippen LogP contribution in [0.25, 0.3) is 11.2 Å². The maximum Gasteiger partial charge on any atom is 0.256 e. The van der Waals surface area contributed by atoms with Gasteiger partial charge in [0.1, 0.15) is 5.82 Å². The zero-order valence-corrected chi connectivity index (χ0v) is 14.3. The summed E-state index contributed by atoms with van der Waals surface area (Å²) in [6.45, 7) is 3.46. The molecule has 1 aliphatic carbocycles. The second-order valence-corrected chi connectivity index (χ2v) is 7.37. The van der Waals surface area contributed by atoms with Gasteiger partial charge in [0.05, 0.1) is 16.7 Å². The van der Waals surface area contributed by atoms with E-state index in [1.807, 2.05) is 4.90 Å². The minimum Gasteiger partial charge on any atom is -0.377 e. The Kier molecular flexibility index (Phi) is 3.79. The van der Waals surface area contributed by atoms with E-state index in [4.69, 9.17) is 4.74 Å². The third kappa shape index (κ3) is 2.90. The summed E-state index contributed by atoms with van der Waals surface area (Å²) in [5.41, 5.74) is 1.81. The fourth-order valence-electron chi connectivity index (χ4n) is 3.55. The monoisotopic (exact) mass is 328 g/mol. The van der Waals surface area contributed by atoms with E-state index in [0.717, 1.165) is 43.1 Å². The summed E-state index contributed by atoms with van der Waals surface area (Å²) in [6, 6.07) is 1.79. The number of nitrogens with zero attached hydrogens (tertiary/aromatic N) is 3. The highest BCUT2D eigenvalue weighted by Gasteiger charge is 2.34. The van der Waals surface area contributed by atoms with Crippen LogP contribution in [-0.4, -0.2) is 51.6 Å². The standard InChI is InChI=1S/C18H24N4O2/c1-18(24-2)7-3-9-22(11-18)17(23)13-6-8-19-16-15(13)20-14(21-16)10-12-4-5-12/h6,8,12H,3-5,7,9-11H2,1-2H3,(H,19,20,21). The summed E-state index contributed by atoms with van der Waals surface area (Å²) in [4.78, 5) is 27.2. The van der Waals surface area contributed by atoms with Gasteiger partial charge < -0.3 is 14.6 Å². The molecule has 1 saturated heterocycles. The molecule has 3 heterocycles. The van der Waals surface area contributed by atoms with Gasteiger partial charge in [-0.05, 0) is 44.6 Å². The van der Waals surface area contributed by atoms with E-state index in [0.29, 0.717) is 17.8 Å². The van der Waals surface area contributed by atoms with Crippen LogP contribution >= 0.6 is 0 Å². The number of hydrogen-bond donors (Lipinski definition) is 1. The van der Waals surface area contributed by atoms with Gasteiger partial charge in [-0.25, -0.2) is 9.97 Å². The van der Waals surface area contributed by atoms with E-state index in [-0.39, 0.29) is 11.5 Å². The Hall–Kier alpha value is -1.95. The molecular formula is C18H24N4O2. The number of imidazole rings is 1. The van der Waals surface area contributed by atoms with Crippen molar-refractivity contribution in [2.45, 2.75) is 44.6 Å². The number of ether oxygens (including phenoxy) is 1. The second-order valence-electron chi connectivity index (χ2n) is 7.37. The van der Waals surface area contributed by atoms with Crippen molar-refractivity contribution < 1.29 is 9.53 Å². The first kappa shape index (κ1) is 15.6. The van der Waals surface area contributed by atoms with Crippen molar-refractivity contribution in [1.82, 2.24) is 19.9 Å². The Balaban J connectivity index is 1.62. The molecule has 0 aromatic carbocycles. The van der Waals surface area contributed by atoms with Gasteiger partial charge in [-0.3, -0.25) is 4.79 Å². The molecule has 24 heavy (non-hydrogen) atoms. The SMILES string of the molecule is COC1(C)CCCN(C(=O)c2ccnc3nc(CC4CC4)[nH]c23)C1. The molecule has 1 N–H and O–H groups in total. The first-order chi connectivity index (χ1) is 11.6. The zero-order chi connectivity index (χ0) is 16.7. The number of hydrogen-bond acceptors (Lipinski definition) is 4. The van der Waals surface area contributed by atoms with Gasteiger partial charge in [0.15, 0.2) is 5.65 Å². The molecule has 1 unspecified atom stereocenters.